The predicted molar refractivity (Wildman–Crippen MR) is 136 cm³/mol. The van der Waals surface area contributed by atoms with Crippen LogP contribution in [0.3, 0.4) is 0 Å². The van der Waals surface area contributed by atoms with Gasteiger partial charge < -0.3 is 13.9 Å². The smallest absolute Gasteiger partial charge is 0.343 e. The van der Waals surface area contributed by atoms with E-state index in [2.05, 4.69) is 10.2 Å². The minimum absolute atomic E-state index is 0.0292. The Kier molecular flexibility index (Phi) is 6.08. The number of carbonyl (C=O) groups is 1. The number of sulfonamides is 1. The number of amides is 2. The van der Waals surface area contributed by atoms with Crippen LogP contribution in [0, 0.1) is 13.8 Å². The second-order valence-corrected chi connectivity index (χ2v) is 10.3. The number of carbonyl (C=O) groups excluding carboxylic acids is 1. The van der Waals surface area contributed by atoms with Crippen molar-refractivity contribution in [2.75, 3.05) is 23.4 Å². The van der Waals surface area contributed by atoms with Gasteiger partial charge in [0.25, 0.3) is 10.0 Å². The van der Waals surface area contributed by atoms with Crippen LogP contribution in [0.2, 0.25) is 0 Å². The van der Waals surface area contributed by atoms with Crippen LogP contribution in [-0.4, -0.2) is 38.9 Å². The van der Waals surface area contributed by atoms with Gasteiger partial charge in [-0.05, 0) is 50.2 Å². The van der Waals surface area contributed by atoms with Crippen LogP contribution < -0.4 is 18.7 Å². The molecule has 0 bridgehead atoms. The number of para-hydroxylation sites is 1. The van der Waals surface area contributed by atoms with Gasteiger partial charge in [-0.25, -0.2) is 13.2 Å². The standard InChI is InChI=1S/C26H24N4O6S/c1-16-11-17(2)13-18(12-16)25-28-27-24(36-25)15-29-20-7-5-6-8-23(20)37(32,33)30(26(29)31)19-9-10-21(34-3)22(14-19)35-4/h5-14H,15H2,1-4H3. The number of nitrogens with zero attached hydrogens (tertiary/aromatic N) is 4. The van der Waals surface area contributed by atoms with E-state index in [1.807, 2.05) is 32.0 Å². The topological polar surface area (TPSA) is 115 Å². The minimum atomic E-state index is -4.22. The zero-order chi connectivity index (χ0) is 26.3. The molecule has 10 nitrogen and oxygen atoms in total. The fourth-order valence-electron chi connectivity index (χ4n) is 4.33. The highest BCUT2D eigenvalue weighted by Crippen LogP contribution is 2.40. The number of aromatic nitrogens is 2. The van der Waals surface area contributed by atoms with Gasteiger partial charge in [0.1, 0.15) is 11.4 Å². The summed E-state index contributed by atoms with van der Waals surface area (Å²) in [6.07, 6.45) is 0. The molecule has 0 saturated carbocycles. The average molecular weight is 521 g/mol. The SMILES string of the molecule is COc1ccc(N2C(=O)N(Cc3nnc(-c4cc(C)cc(C)c4)o3)c3ccccc3S2(=O)=O)cc1OC. The quantitative estimate of drug-likeness (QED) is 0.359. The van der Waals surface area contributed by atoms with Crippen LogP contribution in [0.15, 0.2) is 70.0 Å². The third-order valence-electron chi connectivity index (χ3n) is 5.91. The number of hydrogen-bond donors (Lipinski definition) is 0. The van der Waals surface area contributed by atoms with Crippen LogP contribution in [-0.2, 0) is 16.6 Å². The summed E-state index contributed by atoms with van der Waals surface area (Å²) in [6, 6.07) is 15.8. The van der Waals surface area contributed by atoms with Crippen molar-refractivity contribution in [1.82, 2.24) is 10.2 Å². The van der Waals surface area contributed by atoms with Gasteiger partial charge in [0.05, 0.1) is 25.6 Å². The number of rotatable bonds is 6. The first-order chi connectivity index (χ1) is 17.7. The van der Waals surface area contributed by atoms with Gasteiger partial charge in [-0.2, -0.15) is 4.31 Å². The second-order valence-electron chi connectivity index (χ2n) is 8.52. The maximum Gasteiger partial charge on any atom is 0.343 e. The van der Waals surface area contributed by atoms with Gasteiger partial charge in [-0.15, -0.1) is 10.2 Å². The van der Waals surface area contributed by atoms with E-state index in [9.17, 15) is 13.2 Å². The molecule has 0 radical (unpaired) electrons. The number of benzene rings is 3. The summed E-state index contributed by atoms with van der Waals surface area (Å²) in [4.78, 5) is 15.0. The van der Waals surface area contributed by atoms with Crippen molar-refractivity contribution in [3.05, 3.63) is 77.7 Å². The zero-order valence-corrected chi connectivity index (χ0v) is 21.4. The maximum absolute atomic E-state index is 13.7. The summed E-state index contributed by atoms with van der Waals surface area (Å²) in [5, 5.41) is 8.27. The molecule has 2 heterocycles. The van der Waals surface area contributed by atoms with Crippen LogP contribution in [0.5, 0.6) is 11.5 Å². The second kappa shape index (κ2) is 9.25. The summed E-state index contributed by atoms with van der Waals surface area (Å²) in [5.74, 6) is 1.14. The molecule has 5 rings (SSSR count). The molecular weight excluding hydrogens is 496 g/mol. The van der Waals surface area contributed by atoms with E-state index in [0.717, 1.165) is 21.0 Å². The van der Waals surface area contributed by atoms with Crippen molar-refractivity contribution in [2.24, 2.45) is 0 Å². The first kappa shape index (κ1) is 24.3. The Morgan fingerprint density at radius 1 is 0.892 bits per heavy atom. The van der Waals surface area contributed by atoms with Crippen LogP contribution in [0.1, 0.15) is 17.0 Å². The van der Waals surface area contributed by atoms with E-state index in [-0.39, 0.29) is 34.5 Å². The molecule has 2 amide bonds. The molecule has 0 spiro atoms. The molecule has 0 atom stereocenters. The molecule has 1 aliphatic rings. The highest BCUT2D eigenvalue weighted by molar-refractivity contribution is 7.94. The molecular formula is C26H24N4O6S. The highest BCUT2D eigenvalue weighted by Gasteiger charge is 2.43. The van der Waals surface area contributed by atoms with Gasteiger partial charge in [-0.3, -0.25) is 4.90 Å². The number of methoxy groups -OCH3 is 2. The lowest BCUT2D eigenvalue weighted by atomic mass is 10.1. The summed E-state index contributed by atoms with van der Waals surface area (Å²) < 4.78 is 44.3. The summed E-state index contributed by atoms with van der Waals surface area (Å²) in [6.45, 7) is 3.81. The third-order valence-corrected chi connectivity index (χ3v) is 7.66. The number of urea groups is 1. The Labute approximate surface area is 214 Å². The zero-order valence-electron chi connectivity index (χ0n) is 20.6. The molecule has 0 fully saturated rings. The summed E-state index contributed by atoms with van der Waals surface area (Å²) >= 11 is 0. The van der Waals surface area contributed by atoms with Crippen LogP contribution in [0.25, 0.3) is 11.5 Å². The molecule has 3 aromatic carbocycles. The lowest BCUT2D eigenvalue weighted by Crippen LogP contribution is -2.50. The van der Waals surface area contributed by atoms with Gasteiger partial charge in [0.2, 0.25) is 11.8 Å². The Balaban J connectivity index is 1.56. The maximum atomic E-state index is 13.7. The van der Waals surface area contributed by atoms with Crippen molar-refractivity contribution in [3.63, 3.8) is 0 Å². The highest BCUT2D eigenvalue weighted by atomic mass is 32.2. The van der Waals surface area contributed by atoms with E-state index in [0.29, 0.717) is 11.6 Å². The van der Waals surface area contributed by atoms with Crippen molar-refractivity contribution >= 4 is 27.4 Å². The van der Waals surface area contributed by atoms with E-state index in [1.54, 1.807) is 18.2 Å². The Bertz CT molecular complexity index is 1590. The fraction of sp³-hybridized carbons (Fsp3) is 0.192. The van der Waals surface area contributed by atoms with Gasteiger partial charge >= 0.3 is 6.03 Å². The van der Waals surface area contributed by atoms with Crippen molar-refractivity contribution in [3.8, 4) is 23.0 Å². The molecule has 0 N–H and O–H groups in total. The number of aryl methyl sites for hydroxylation is 2. The van der Waals surface area contributed by atoms with Crippen LogP contribution >= 0.6 is 0 Å². The third kappa shape index (κ3) is 4.27. The first-order valence-electron chi connectivity index (χ1n) is 11.3. The molecule has 1 aromatic heterocycles. The summed E-state index contributed by atoms with van der Waals surface area (Å²) in [5.41, 5.74) is 3.17. The van der Waals surface area contributed by atoms with Crippen LogP contribution in [0.4, 0.5) is 16.2 Å². The number of hydrogen-bond acceptors (Lipinski definition) is 8. The van der Waals surface area contributed by atoms with Crippen molar-refractivity contribution in [1.29, 1.82) is 0 Å². The van der Waals surface area contributed by atoms with E-state index < -0.39 is 16.1 Å². The molecule has 0 aliphatic carbocycles. The largest absolute Gasteiger partial charge is 0.493 e. The monoisotopic (exact) mass is 520 g/mol. The molecule has 0 unspecified atom stereocenters. The predicted octanol–water partition coefficient (Wildman–Crippen LogP) is 4.71. The van der Waals surface area contributed by atoms with E-state index in [4.69, 9.17) is 13.9 Å². The van der Waals surface area contributed by atoms with E-state index in [1.165, 1.54) is 43.4 Å². The van der Waals surface area contributed by atoms with E-state index >= 15 is 0 Å². The molecule has 37 heavy (non-hydrogen) atoms. The fourth-order valence-corrected chi connectivity index (χ4v) is 5.92. The first-order valence-corrected chi connectivity index (χ1v) is 12.8. The van der Waals surface area contributed by atoms with Crippen molar-refractivity contribution < 1.29 is 27.1 Å². The van der Waals surface area contributed by atoms with Crippen molar-refractivity contribution in [2.45, 2.75) is 25.3 Å². The Hall–Kier alpha value is -4.38. The molecule has 11 heteroatoms. The number of anilines is 2. The Morgan fingerprint density at radius 3 is 2.30 bits per heavy atom. The Morgan fingerprint density at radius 2 is 1.59 bits per heavy atom. The molecule has 4 aromatic rings. The normalized spacial score (nSPS) is 14.4. The molecule has 0 saturated heterocycles. The summed E-state index contributed by atoms with van der Waals surface area (Å²) in [7, 11) is -1.33. The molecule has 190 valence electrons. The lowest BCUT2D eigenvalue weighted by molar-refractivity contribution is 0.252. The lowest BCUT2D eigenvalue weighted by Gasteiger charge is -2.35. The van der Waals surface area contributed by atoms with Gasteiger partial charge in [0.15, 0.2) is 11.5 Å². The minimum Gasteiger partial charge on any atom is -0.493 e. The van der Waals surface area contributed by atoms with Gasteiger partial charge in [0, 0.05) is 11.6 Å². The number of ether oxygens (including phenoxy) is 2. The van der Waals surface area contributed by atoms with Gasteiger partial charge in [-0.1, -0.05) is 29.3 Å². The average Bonchev–Trinajstić information content (AvgIpc) is 3.35. The molecule has 1 aliphatic heterocycles. The number of fused-ring (bicyclic) bond motifs is 1.